The molecule has 0 heterocycles. The SMILES string of the molecule is CC(C)C(=O)C(C)(CCc1ccccc1)c1ccccc1. The molecule has 1 atom stereocenters. The Balaban J connectivity index is 2.26. The topological polar surface area (TPSA) is 17.1 Å². The number of benzene rings is 2. The van der Waals surface area contributed by atoms with Gasteiger partial charge in [0.15, 0.2) is 0 Å². The molecule has 2 rings (SSSR count). The van der Waals surface area contributed by atoms with Crippen LogP contribution in [0.25, 0.3) is 0 Å². The molecule has 0 saturated carbocycles. The molecule has 110 valence electrons. The Morgan fingerprint density at radius 2 is 1.48 bits per heavy atom. The molecule has 21 heavy (non-hydrogen) atoms. The molecule has 0 aliphatic heterocycles. The van der Waals surface area contributed by atoms with Gasteiger partial charge in [0, 0.05) is 5.92 Å². The molecule has 0 bridgehead atoms. The molecule has 0 aliphatic carbocycles. The molecule has 0 aromatic heterocycles. The third kappa shape index (κ3) is 3.60. The van der Waals surface area contributed by atoms with E-state index in [0.29, 0.717) is 5.78 Å². The number of Topliss-reactive ketones (excluding diaryl/α,β-unsaturated/α-hetero) is 1. The average Bonchev–Trinajstić information content (AvgIpc) is 2.53. The molecular weight excluding hydrogens is 256 g/mol. The summed E-state index contributed by atoms with van der Waals surface area (Å²) in [7, 11) is 0. The van der Waals surface area contributed by atoms with Gasteiger partial charge in [0.1, 0.15) is 5.78 Å². The van der Waals surface area contributed by atoms with Gasteiger partial charge in [-0.05, 0) is 30.9 Å². The Morgan fingerprint density at radius 1 is 0.952 bits per heavy atom. The van der Waals surface area contributed by atoms with Crippen molar-refractivity contribution in [2.24, 2.45) is 5.92 Å². The zero-order valence-corrected chi connectivity index (χ0v) is 13.2. The highest BCUT2D eigenvalue weighted by molar-refractivity contribution is 5.91. The molecule has 0 amide bonds. The molecule has 1 unspecified atom stereocenters. The summed E-state index contributed by atoms with van der Waals surface area (Å²) in [5.74, 6) is 0.371. The van der Waals surface area contributed by atoms with Gasteiger partial charge < -0.3 is 0 Å². The molecular formula is C20H24O. The Morgan fingerprint density at radius 3 is 2.00 bits per heavy atom. The molecule has 0 N–H and O–H groups in total. The van der Waals surface area contributed by atoms with Crippen LogP contribution in [0.3, 0.4) is 0 Å². The third-order valence-corrected chi connectivity index (χ3v) is 4.24. The number of carbonyl (C=O) groups is 1. The van der Waals surface area contributed by atoms with Crippen molar-refractivity contribution >= 4 is 5.78 Å². The number of hydrogen-bond acceptors (Lipinski definition) is 1. The Kier molecular flexibility index (Phi) is 4.95. The number of ketones is 1. The normalized spacial score (nSPS) is 13.9. The summed E-state index contributed by atoms with van der Waals surface area (Å²) < 4.78 is 0. The van der Waals surface area contributed by atoms with Crippen LogP contribution in [-0.4, -0.2) is 5.78 Å². The summed E-state index contributed by atoms with van der Waals surface area (Å²) in [5, 5.41) is 0. The zero-order chi connectivity index (χ0) is 15.3. The van der Waals surface area contributed by atoms with Gasteiger partial charge in [-0.2, -0.15) is 0 Å². The number of aryl methyl sites for hydroxylation is 1. The molecule has 0 spiro atoms. The number of carbonyl (C=O) groups excluding carboxylic acids is 1. The predicted molar refractivity (Wildman–Crippen MR) is 88.4 cm³/mol. The van der Waals surface area contributed by atoms with E-state index >= 15 is 0 Å². The van der Waals surface area contributed by atoms with Crippen LogP contribution in [0.15, 0.2) is 60.7 Å². The summed E-state index contributed by atoms with van der Waals surface area (Å²) in [5.41, 5.74) is 2.00. The van der Waals surface area contributed by atoms with Crippen molar-refractivity contribution in [3.63, 3.8) is 0 Å². The molecule has 0 aliphatic rings. The molecule has 0 fully saturated rings. The van der Waals surface area contributed by atoms with Gasteiger partial charge in [-0.15, -0.1) is 0 Å². The van der Waals surface area contributed by atoms with Gasteiger partial charge in [0.05, 0.1) is 5.41 Å². The third-order valence-electron chi connectivity index (χ3n) is 4.24. The molecule has 2 aromatic rings. The minimum atomic E-state index is -0.411. The monoisotopic (exact) mass is 280 g/mol. The van der Waals surface area contributed by atoms with Crippen molar-refractivity contribution in [3.05, 3.63) is 71.8 Å². The molecule has 1 heteroatoms. The van der Waals surface area contributed by atoms with Gasteiger partial charge in [0.2, 0.25) is 0 Å². The second-order valence-electron chi connectivity index (χ2n) is 6.20. The fourth-order valence-corrected chi connectivity index (χ4v) is 2.89. The fraction of sp³-hybridized carbons (Fsp3) is 0.350. The zero-order valence-electron chi connectivity index (χ0n) is 13.2. The van der Waals surface area contributed by atoms with Crippen molar-refractivity contribution in [1.29, 1.82) is 0 Å². The van der Waals surface area contributed by atoms with Crippen LogP contribution in [0.1, 0.15) is 38.3 Å². The minimum absolute atomic E-state index is 0.0472. The molecule has 0 radical (unpaired) electrons. The van der Waals surface area contributed by atoms with E-state index < -0.39 is 5.41 Å². The van der Waals surface area contributed by atoms with Crippen molar-refractivity contribution < 1.29 is 4.79 Å². The van der Waals surface area contributed by atoms with Crippen LogP contribution in [0.2, 0.25) is 0 Å². The Hall–Kier alpha value is -1.89. The van der Waals surface area contributed by atoms with E-state index in [4.69, 9.17) is 0 Å². The fourth-order valence-electron chi connectivity index (χ4n) is 2.89. The van der Waals surface area contributed by atoms with E-state index in [9.17, 15) is 4.79 Å². The highest BCUT2D eigenvalue weighted by Gasteiger charge is 2.35. The highest BCUT2D eigenvalue weighted by atomic mass is 16.1. The van der Waals surface area contributed by atoms with E-state index in [2.05, 4.69) is 43.3 Å². The van der Waals surface area contributed by atoms with Gasteiger partial charge in [-0.25, -0.2) is 0 Å². The van der Waals surface area contributed by atoms with Gasteiger partial charge >= 0.3 is 0 Å². The first-order valence-electron chi connectivity index (χ1n) is 7.68. The molecule has 1 nitrogen and oxygen atoms in total. The maximum atomic E-state index is 12.8. The first-order chi connectivity index (χ1) is 10.0. The molecule has 0 saturated heterocycles. The van der Waals surface area contributed by atoms with Crippen LogP contribution in [0.4, 0.5) is 0 Å². The van der Waals surface area contributed by atoms with E-state index in [1.54, 1.807) is 0 Å². The maximum absolute atomic E-state index is 12.8. The van der Waals surface area contributed by atoms with Crippen LogP contribution in [0.5, 0.6) is 0 Å². The van der Waals surface area contributed by atoms with Crippen LogP contribution in [0, 0.1) is 5.92 Å². The van der Waals surface area contributed by atoms with E-state index in [-0.39, 0.29) is 5.92 Å². The average molecular weight is 280 g/mol. The second kappa shape index (κ2) is 6.71. The van der Waals surface area contributed by atoms with Crippen LogP contribution < -0.4 is 0 Å². The first-order valence-corrected chi connectivity index (χ1v) is 7.68. The quantitative estimate of drug-likeness (QED) is 0.742. The maximum Gasteiger partial charge on any atom is 0.145 e. The van der Waals surface area contributed by atoms with E-state index in [1.807, 2.05) is 38.1 Å². The number of rotatable bonds is 6. The predicted octanol–water partition coefficient (Wildman–Crippen LogP) is 4.80. The summed E-state index contributed by atoms with van der Waals surface area (Å²) in [6.45, 7) is 6.08. The van der Waals surface area contributed by atoms with Crippen LogP contribution in [-0.2, 0) is 16.6 Å². The van der Waals surface area contributed by atoms with Crippen molar-refractivity contribution in [3.8, 4) is 0 Å². The van der Waals surface area contributed by atoms with Gasteiger partial charge in [0.25, 0.3) is 0 Å². The van der Waals surface area contributed by atoms with Crippen molar-refractivity contribution in [2.45, 2.75) is 39.0 Å². The standard InChI is InChI=1S/C20H24O/c1-16(2)19(21)20(3,18-12-8-5-9-13-18)15-14-17-10-6-4-7-11-17/h4-13,16H,14-15H2,1-3H3. The largest absolute Gasteiger partial charge is 0.298 e. The van der Waals surface area contributed by atoms with Gasteiger partial charge in [-0.3, -0.25) is 4.79 Å². The van der Waals surface area contributed by atoms with E-state index in [1.165, 1.54) is 5.56 Å². The van der Waals surface area contributed by atoms with Crippen molar-refractivity contribution in [2.75, 3.05) is 0 Å². The lowest BCUT2D eigenvalue weighted by molar-refractivity contribution is -0.127. The summed E-state index contributed by atoms with van der Waals surface area (Å²) >= 11 is 0. The lowest BCUT2D eigenvalue weighted by atomic mass is 9.71. The van der Waals surface area contributed by atoms with E-state index in [0.717, 1.165) is 18.4 Å². The Labute approximate surface area is 128 Å². The number of hydrogen-bond donors (Lipinski definition) is 0. The van der Waals surface area contributed by atoms with Crippen LogP contribution >= 0.6 is 0 Å². The van der Waals surface area contributed by atoms with Crippen molar-refractivity contribution in [1.82, 2.24) is 0 Å². The minimum Gasteiger partial charge on any atom is -0.298 e. The summed E-state index contributed by atoms with van der Waals surface area (Å²) in [4.78, 5) is 12.8. The summed E-state index contributed by atoms with van der Waals surface area (Å²) in [6, 6.07) is 20.6. The second-order valence-corrected chi connectivity index (χ2v) is 6.20. The summed E-state index contributed by atoms with van der Waals surface area (Å²) in [6.07, 6.45) is 1.77. The smallest absolute Gasteiger partial charge is 0.145 e. The van der Waals surface area contributed by atoms with Gasteiger partial charge in [-0.1, -0.05) is 74.5 Å². The first kappa shape index (κ1) is 15.5. The lowest BCUT2D eigenvalue weighted by Gasteiger charge is -2.30. The lowest BCUT2D eigenvalue weighted by Crippen LogP contribution is -2.36. The highest BCUT2D eigenvalue weighted by Crippen LogP contribution is 2.32. The molecule has 2 aromatic carbocycles. The Bertz CT molecular complexity index is 571.